The molecule has 3 rings (SSSR count). The summed E-state index contributed by atoms with van der Waals surface area (Å²) >= 11 is 0. The van der Waals surface area contributed by atoms with E-state index in [9.17, 15) is 9.59 Å². The second-order valence-electron chi connectivity index (χ2n) is 4.17. The third-order valence-corrected chi connectivity index (χ3v) is 2.98. The largest absolute Gasteiger partial charge is 0.455 e. The SMILES string of the molecule is CC(=O)c1cccc2c(=O)c3ccccc3oc12. The van der Waals surface area contributed by atoms with Crippen molar-refractivity contribution in [1.29, 1.82) is 0 Å². The van der Waals surface area contributed by atoms with E-state index in [0.717, 1.165) is 0 Å². The van der Waals surface area contributed by atoms with Crippen LogP contribution in [0.5, 0.6) is 0 Å². The smallest absolute Gasteiger partial charge is 0.200 e. The molecule has 0 N–H and O–H groups in total. The molecule has 0 aliphatic rings. The Morgan fingerprint density at radius 1 is 1.00 bits per heavy atom. The van der Waals surface area contributed by atoms with Crippen LogP contribution in [0.4, 0.5) is 0 Å². The first-order chi connectivity index (χ1) is 8.68. The molecule has 0 aliphatic carbocycles. The summed E-state index contributed by atoms with van der Waals surface area (Å²) < 4.78 is 5.70. The summed E-state index contributed by atoms with van der Waals surface area (Å²) in [5.41, 5.74) is 1.21. The summed E-state index contributed by atoms with van der Waals surface area (Å²) in [5.74, 6) is -0.112. The molecule has 1 heterocycles. The van der Waals surface area contributed by atoms with E-state index in [1.807, 2.05) is 0 Å². The van der Waals surface area contributed by atoms with E-state index in [1.165, 1.54) is 6.92 Å². The van der Waals surface area contributed by atoms with E-state index < -0.39 is 0 Å². The van der Waals surface area contributed by atoms with Crippen LogP contribution in [-0.2, 0) is 0 Å². The second kappa shape index (κ2) is 3.81. The zero-order valence-electron chi connectivity index (χ0n) is 9.77. The van der Waals surface area contributed by atoms with Gasteiger partial charge in [0, 0.05) is 0 Å². The number of rotatable bonds is 1. The summed E-state index contributed by atoms with van der Waals surface area (Å²) in [6.45, 7) is 1.46. The summed E-state index contributed by atoms with van der Waals surface area (Å²) in [6.07, 6.45) is 0. The van der Waals surface area contributed by atoms with Crippen molar-refractivity contribution in [1.82, 2.24) is 0 Å². The number of Topliss-reactive ketones (excluding diaryl/α,β-unsaturated/α-hetero) is 1. The molecule has 3 heteroatoms. The van der Waals surface area contributed by atoms with Crippen molar-refractivity contribution >= 4 is 27.7 Å². The maximum absolute atomic E-state index is 12.3. The standard InChI is InChI=1S/C15H10O3/c1-9(16)10-6-4-7-12-14(17)11-5-2-3-8-13(11)18-15(10)12/h2-8H,1H3. The molecule has 88 valence electrons. The highest BCUT2D eigenvalue weighted by Crippen LogP contribution is 2.21. The number of carbonyl (C=O) groups is 1. The summed E-state index contributed by atoms with van der Waals surface area (Å²) in [6, 6.07) is 12.1. The minimum atomic E-state index is -0.112. The summed E-state index contributed by atoms with van der Waals surface area (Å²) in [4.78, 5) is 23.8. The van der Waals surface area contributed by atoms with Crippen LogP contribution in [-0.4, -0.2) is 5.78 Å². The van der Waals surface area contributed by atoms with Gasteiger partial charge in [-0.2, -0.15) is 0 Å². The van der Waals surface area contributed by atoms with Gasteiger partial charge in [0.05, 0.1) is 16.3 Å². The van der Waals surface area contributed by atoms with Gasteiger partial charge < -0.3 is 4.42 Å². The maximum atomic E-state index is 12.3. The normalized spacial score (nSPS) is 10.9. The third kappa shape index (κ3) is 1.44. The van der Waals surface area contributed by atoms with Crippen LogP contribution < -0.4 is 5.43 Å². The van der Waals surface area contributed by atoms with Crippen LogP contribution in [0.15, 0.2) is 51.7 Å². The van der Waals surface area contributed by atoms with E-state index in [0.29, 0.717) is 27.5 Å². The Labute approximate surface area is 103 Å². The van der Waals surface area contributed by atoms with Gasteiger partial charge in [-0.25, -0.2) is 0 Å². The van der Waals surface area contributed by atoms with Crippen LogP contribution >= 0.6 is 0 Å². The van der Waals surface area contributed by atoms with E-state index in [-0.39, 0.29) is 11.2 Å². The molecule has 0 atom stereocenters. The lowest BCUT2D eigenvalue weighted by atomic mass is 10.1. The number of hydrogen-bond acceptors (Lipinski definition) is 3. The molecule has 3 nitrogen and oxygen atoms in total. The minimum Gasteiger partial charge on any atom is -0.455 e. The minimum absolute atomic E-state index is 0.102. The van der Waals surface area contributed by atoms with Gasteiger partial charge in [-0.1, -0.05) is 18.2 Å². The van der Waals surface area contributed by atoms with Gasteiger partial charge >= 0.3 is 0 Å². The van der Waals surface area contributed by atoms with Crippen LogP contribution in [0, 0.1) is 0 Å². The van der Waals surface area contributed by atoms with Gasteiger partial charge in [-0.3, -0.25) is 9.59 Å². The highest BCUT2D eigenvalue weighted by atomic mass is 16.3. The fourth-order valence-electron chi connectivity index (χ4n) is 2.10. The lowest BCUT2D eigenvalue weighted by molar-refractivity contribution is 0.101. The molecule has 0 saturated carbocycles. The van der Waals surface area contributed by atoms with Gasteiger partial charge in [0.25, 0.3) is 0 Å². The Morgan fingerprint density at radius 2 is 1.72 bits per heavy atom. The lowest BCUT2D eigenvalue weighted by Crippen LogP contribution is -2.04. The van der Waals surface area contributed by atoms with Gasteiger partial charge in [0.2, 0.25) is 5.43 Å². The van der Waals surface area contributed by atoms with Crippen molar-refractivity contribution in [2.24, 2.45) is 0 Å². The first kappa shape index (κ1) is 10.7. The summed E-state index contributed by atoms with van der Waals surface area (Å²) in [7, 11) is 0. The van der Waals surface area contributed by atoms with Gasteiger partial charge in [-0.15, -0.1) is 0 Å². The average molecular weight is 238 g/mol. The Morgan fingerprint density at radius 3 is 2.50 bits per heavy atom. The number of fused-ring (bicyclic) bond motifs is 2. The molecule has 0 fully saturated rings. The molecule has 1 aromatic heterocycles. The predicted molar refractivity (Wildman–Crippen MR) is 70.0 cm³/mol. The number of ketones is 1. The zero-order valence-corrected chi connectivity index (χ0v) is 9.77. The zero-order chi connectivity index (χ0) is 12.7. The number of hydrogen-bond donors (Lipinski definition) is 0. The summed E-state index contributed by atoms with van der Waals surface area (Å²) in [5, 5.41) is 0.979. The molecule has 18 heavy (non-hydrogen) atoms. The maximum Gasteiger partial charge on any atom is 0.200 e. The van der Waals surface area contributed by atoms with Crippen molar-refractivity contribution < 1.29 is 9.21 Å². The first-order valence-electron chi connectivity index (χ1n) is 5.64. The lowest BCUT2D eigenvalue weighted by Gasteiger charge is -2.04. The van der Waals surface area contributed by atoms with Crippen LogP contribution in [0.3, 0.4) is 0 Å². The quantitative estimate of drug-likeness (QED) is 0.483. The topological polar surface area (TPSA) is 47.3 Å². The fourth-order valence-corrected chi connectivity index (χ4v) is 2.10. The van der Waals surface area contributed by atoms with Gasteiger partial charge in [-0.05, 0) is 31.2 Å². The van der Waals surface area contributed by atoms with E-state index in [4.69, 9.17) is 4.42 Å². The van der Waals surface area contributed by atoms with Crippen molar-refractivity contribution in [2.45, 2.75) is 6.92 Å². The van der Waals surface area contributed by atoms with Crippen molar-refractivity contribution in [2.75, 3.05) is 0 Å². The van der Waals surface area contributed by atoms with Crippen LogP contribution in [0.1, 0.15) is 17.3 Å². The molecule has 2 aromatic carbocycles. The van der Waals surface area contributed by atoms with Crippen molar-refractivity contribution in [3.63, 3.8) is 0 Å². The Balaban J connectivity index is 2.60. The molecule has 0 unspecified atom stereocenters. The highest BCUT2D eigenvalue weighted by Gasteiger charge is 2.12. The number of benzene rings is 2. The molecule has 0 bridgehead atoms. The molecule has 0 aliphatic heterocycles. The van der Waals surface area contributed by atoms with Gasteiger partial charge in [0.15, 0.2) is 5.78 Å². The number of para-hydroxylation sites is 2. The predicted octanol–water partition coefficient (Wildman–Crippen LogP) is 3.15. The molecule has 0 amide bonds. The average Bonchev–Trinajstić information content (AvgIpc) is 2.38. The van der Waals surface area contributed by atoms with Crippen molar-refractivity contribution in [3.05, 3.63) is 58.3 Å². The molecule has 0 radical (unpaired) electrons. The third-order valence-electron chi connectivity index (χ3n) is 2.98. The van der Waals surface area contributed by atoms with E-state index in [2.05, 4.69) is 0 Å². The van der Waals surface area contributed by atoms with Crippen LogP contribution in [0.2, 0.25) is 0 Å². The Bertz CT molecular complexity index is 828. The second-order valence-corrected chi connectivity index (χ2v) is 4.17. The Hall–Kier alpha value is -2.42. The molecular weight excluding hydrogens is 228 g/mol. The van der Waals surface area contributed by atoms with E-state index in [1.54, 1.807) is 42.5 Å². The van der Waals surface area contributed by atoms with Crippen LogP contribution in [0.25, 0.3) is 21.9 Å². The molecule has 0 saturated heterocycles. The highest BCUT2D eigenvalue weighted by molar-refractivity contribution is 6.06. The number of carbonyl (C=O) groups excluding carboxylic acids is 1. The Kier molecular flexibility index (Phi) is 2.27. The van der Waals surface area contributed by atoms with Crippen molar-refractivity contribution in [3.8, 4) is 0 Å². The van der Waals surface area contributed by atoms with E-state index >= 15 is 0 Å². The molecule has 3 aromatic rings. The monoisotopic (exact) mass is 238 g/mol. The molecule has 0 spiro atoms. The first-order valence-corrected chi connectivity index (χ1v) is 5.64. The molecular formula is C15H10O3. The van der Waals surface area contributed by atoms with Gasteiger partial charge in [0.1, 0.15) is 11.2 Å². The fraction of sp³-hybridized carbons (Fsp3) is 0.0667.